The van der Waals surface area contributed by atoms with Crippen molar-refractivity contribution in [1.29, 1.82) is 0 Å². The van der Waals surface area contributed by atoms with E-state index in [2.05, 4.69) is 53.5 Å². The summed E-state index contributed by atoms with van der Waals surface area (Å²) in [5.41, 5.74) is 0.440. The van der Waals surface area contributed by atoms with Gasteiger partial charge in [-0.1, -0.05) is 54.0 Å². The smallest absolute Gasteiger partial charge is 0.309 e. The van der Waals surface area contributed by atoms with E-state index in [9.17, 15) is 29.4 Å². The molecule has 0 bridgehead atoms. The number of hydrogen-bond donors (Lipinski definition) is 2. The van der Waals surface area contributed by atoms with Gasteiger partial charge in [-0.25, -0.2) is 0 Å². The maximum Gasteiger partial charge on any atom is 0.309 e. The lowest BCUT2D eigenvalue weighted by Crippen LogP contribution is -2.66. The Morgan fingerprint density at radius 3 is 2.23 bits per heavy atom. The summed E-state index contributed by atoms with van der Waals surface area (Å²) in [5.74, 6) is -0.459. The third-order valence-electron chi connectivity index (χ3n) is 16.2. The molecule has 1 amide bonds. The molecule has 53 heavy (non-hydrogen) atoms. The standard InChI is InChI=1S/C44H64N2O7/c1-26(2)35-29(47)23-44(32(48)25-46(10)37(50)27-15-21-45-22-16-27)20-19-42(8)28(36(35)44)11-12-31-41(7)17-14-33(53-34(49)24-39(3,4)38(51)52)40(5,6)30(41)13-18-43(31,42)9/h15-16,21-22,26,28,30-33,48H,11-14,17-20,23-25H2,1-10H3,(H,51,52)/t28-,30?,31-,32+,33+,41+,42-,43-,44?/m1/s1. The van der Waals surface area contributed by atoms with Gasteiger partial charge in [-0.3, -0.25) is 24.2 Å². The van der Waals surface area contributed by atoms with Crippen LogP contribution in [0.3, 0.4) is 0 Å². The fraction of sp³-hybridized carbons (Fsp3) is 0.750. The number of aliphatic hydroxyl groups excluding tert-OH is 1. The highest BCUT2D eigenvalue weighted by atomic mass is 16.5. The third kappa shape index (κ3) is 6.01. The molecule has 9 atom stereocenters. The van der Waals surface area contributed by atoms with E-state index in [0.29, 0.717) is 30.2 Å². The minimum atomic E-state index is -1.18. The zero-order valence-electron chi connectivity index (χ0n) is 33.9. The van der Waals surface area contributed by atoms with Gasteiger partial charge in [-0.05, 0) is 123 Å². The van der Waals surface area contributed by atoms with Crippen LogP contribution in [0, 0.1) is 56.2 Å². The number of aromatic nitrogens is 1. The number of fused-ring (bicyclic) bond motifs is 7. The van der Waals surface area contributed by atoms with Crippen molar-refractivity contribution >= 4 is 23.6 Å². The molecule has 0 saturated heterocycles. The number of aliphatic hydroxyl groups is 1. The second kappa shape index (κ2) is 13.3. The number of allylic oxidation sites excluding steroid dienone is 1. The minimum absolute atomic E-state index is 0.00177. The molecule has 4 saturated carbocycles. The summed E-state index contributed by atoms with van der Waals surface area (Å²) in [6, 6.07) is 3.38. The number of carbonyl (C=O) groups is 4. The number of Topliss-reactive ketones (excluding diaryl/α,β-unsaturated/α-hetero) is 1. The summed E-state index contributed by atoms with van der Waals surface area (Å²) in [5, 5.41) is 21.9. The average Bonchev–Trinajstić information content (AvgIpc) is 3.39. The lowest BCUT2D eigenvalue weighted by molar-refractivity contribution is -0.235. The quantitative estimate of drug-likeness (QED) is 0.245. The zero-order chi connectivity index (χ0) is 39.1. The predicted octanol–water partition coefficient (Wildman–Crippen LogP) is 7.91. The molecule has 2 unspecified atom stereocenters. The van der Waals surface area contributed by atoms with Gasteiger partial charge in [-0.15, -0.1) is 0 Å². The van der Waals surface area contributed by atoms with Crippen molar-refractivity contribution in [3.05, 3.63) is 41.2 Å². The molecule has 4 fully saturated rings. The summed E-state index contributed by atoms with van der Waals surface area (Å²) in [4.78, 5) is 57.9. The van der Waals surface area contributed by atoms with E-state index in [-0.39, 0.29) is 64.3 Å². The van der Waals surface area contributed by atoms with Crippen molar-refractivity contribution in [2.45, 2.75) is 139 Å². The second-order valence-electron chi connectivity index (χ2n) is 20.0. The van der Waals surface area contributed by atoms with E-state index in [1.54, 1.807) is 50.3 Å². The topological polar surface area (TPSA) is 134 Å². The molecule has 5 aliphatic rings. The molecule has 0 spiro atoms. The van der Waals surface area contributed by atoms with Crippen LogP contribution in [0.15, 0.2) is 35.7 Å². The molecule has 1 heterocycles. The van der Waals surface area contributed by atoms with E-state index >= 15 is 0 Å². The second-order valence-corrected chi connectivity index (χ2v) is 20.0. The molecule has 9 nitrogen and oxygen atoms in total. The number of carboxylic acids is 1. The van der Waals surface area contributed by atoms with Gasteiger partial charge in [0, 0.05) is 48.8 Å². The normalized spacial score (nSPS) is 36.9. The van der Waals surface area contributed by atoms with Gasteiger partial charge in [0.1, 0.15) is 6.10 Å². The Bertz CT molecular complexity index is 1680. The van der Waals surface area contributed by atoms with E-state index in [1.807, 2.05) is 0 Å². The molecule has 6 rings (SSSR count). The zero-order valence-corrected chi connectivity index (χ0v) is 33.9. The molecule has 9 heteroatoms. The first-order valence-corrected chi connectivity index (χ1v) is 20.1. The third-order valence-corrected chi connectivity index (χ3v) is 16.2. The van der Waals surface area contributed by atoms with Crippen molar-refractivity contribution in [3.63, 3.8) is 0 Å². The van der Waals surface area contributed by atoms with Crippen LogP contribution in [-0.2, 0) is 19.1 Å². The largest absolute Gasteiger partial charge is 0.481 e. The van der Waals surface area contributed by atoms with Crippen molar-refractivity contribution in [1.82, 2.24) is 9.88 Å². The summed E-state index contributed by atoms with van der Waals surface area (Å²) in [6.45, 7) is 19.5. The molecule has 5 aliphatic carbocycles. The first kappa shape index (κ1) is 39.6. The molecular formula is C44H64N2O7. The number of nitrogens with zero attached hydrogens (tertiary/aromatic N) is 2. The fourth-order valence-electron chi connectivity index (χ4n) is 13.1. The Balaban J connectivity index is 1.28. The van der Waals surface area contributed by atoms with Crippen LogP contribution in [0.5, 0.6) is 0 Å². The van der Waals surface area contributed by atoms with Gasteiger partial charge in [0.05, 0.1) is 17.9 Å². The summed E-state index contributed by atoms with van der Waals surface area (Å²) in [6.07, 6.45) is 9.59. The Morgan fingerprint density at radius 1 is 0.943 bits per heavy atom. The Kier molecular flexibility index (Phi) is 9.94. The van der Waals surface area contributed by atoms with Gasteiger partial charge in [-0.2, -0.15) is 0 Å². The maximum absolute atomic E-state index is 14.1. The number of aliphatic carboxylic acids is 1. The number of likely N-dealkylation sites (N-methyl/N-ethyl adjacent to an activating group) is 1. The number of amides is 1. The SMILES string of the molecule is CC(C)C1=C2[C@H]3CC[C@@H]4[C@@]5(C)CC[C@H](OC(=O)CC(C)(C)C(=O)O)C(C)(C)C5CC[C@@]4(C)[C@]3(C)CCC2([C@@H](O)CN(C)C(=O)c2ccncc2)CC1=O. The molecule has 0 aliphatic heterocycles. The minimum Gasteiger partial charge on any atom is -0.481 e. The van der Waals surface area contributed by atoms with Gasteiger partial charge in [0.15, 0.2) is 5.78 Å². The molecule has 0 radical (unpaired) electrons. The van der Waals surface area contributed by atoms with E-state index in [0.717, 1.165) is 50.5 Å². The van der Waals surface area contributed by atoms with Crippen LogP contribution in [0.4, 0.5) is 0 Å². The summed E-state index contributed by atoms with van der Waals surface area (Å²) in [7, 11) is 1.73. The monoisotopic (exact) mass is 732 g/mol. The van der Waals surface area contributed by atoms with Crippen molar-refractivity contribution < 1.29 is 34.1 Å². The highest BCUT2D eigenvalue weighted by Gasteiger charge is 2.71. The predicted molar refractivity (Wildman–Crippen MR) is 203 cm³/mol. The molecule has 1 aromatic rings. The first-order valence-electron chi connectivity index (χ1n) is 20.1. The molecular weight excluding hydrogens is 668 g/mol. The lowest BCUT2D eigenvalue weighted by atomic mass is 9.33. The number of ether oxygens (including phenoxy) is 1. The number of hydrogen-bond acceptors (Lipinski definition) is 7. The van der Waals surface area contributed by atoms with Crippen LogP contribution in [0.25, 0.3) is 0 Å². The molecule has 2 N–H and O–H groups in total. The van der Waals surface area contributed by atoms with Gasteiger partial charge >= 0.3 is 11.9 Å². The Morgan fingerprint density at radius 2 is 1.60 bits per heavy atom. The van der Waals surface area contributed by atoms with E-state index in [4.69, 9.17) is 4.74 Å². The van der Waals surface area contributed by atoms with Crippen molar-refractivity contribution in [2.24, 2.45) is 56.2 Å². The summed E-state index contributed by atoms with van der Waals surface area (Å²) < 4.78 is 6.15. The lowest BCUT2D eigenvalue weighted by Gasteiger charge is -2.72. The number of esters is 1. The molecule has 1 aromatic heterocycles. The van der Waals surface area contributed by atoms with Crippen molar-refractivity contribution in [2.75, 3.05) is 13.6 Å². The fourth-order valence-corrected chi connectivity index (χ4v) is 13.1. The number of carboxylic acid groups (broad SMARTS) is 1. The van der Waals surface area contributed by atoms with Crippen LogP contribution >= 0.6 is 0 Å². The van der Waals surface area contributed by atoms with Gasteiger partial charge < -0.3 is 19.8 Å². The summed E-state index contributed by atoms with van der Waals surface area (Å²) >= 11 is 0. The average molecular weight is 733 g/mol. The van der Waals surface area contributed by atoms with Crippen LogP contribution in [0.1, 0.15) is 137 Å². The van der Waals surface area contributed by atoms with E-state index < -0.39 is 28.9 Å². The van der Waals surface area contributed by atoms with Crippen LogP contribution in [-0.4, -0.2) is 69.5 Å². The number of ketones is 1. The van der Waals surface area contributed by atoms with Crippen molar-refractivity contribution in [3.8, 4) is 0 Å². The van der Waals surface area contributed by atoms with E-state index in [1.165, 1.54) is 5.57 Å². The number of carbonyl (C=O) groups excluding carboxylic acids is 3. The van der Waals surface area contributed by atoms with Crippen LogP contribution < -0.4 is 0 Å². The first-order chi connectivity index (χ1) is 24.6. The Labute approximate surface area is 316 Å². The number of pyridine rings is 1. The van der Waals surface area contributed by atoms with Gasteiger partial charge in [0.25, 0.3) is 5.91 Å². The molecule has 292 valence electrons. The highest BCUT2D eigenvalue weighted by Crippen LogP contribution is 2.77. The van der Waals surface area contributed by atoms with Gasteiger partial charge in [0.2, 0.25) is 0 Å². The highest BCUT2D eigenvalue weighted by molar-refractivity contribution is 6.01. The molecule has 0 aromatic carbocycles. The maximum atomic E-state index is 14.1. The number of rotatable bonds is 9. The Hall–Kier alpha value is -3.07. The van der Waals surface area contributed by atoms with Crippen LogP contribution in [0.2, 0.25) is 0 Å².